The largest absolute Gasteiger partial charge is 0.330 e. The van der Waals surface area contributed by atoms with Gasteiger partial charge in [0, 0.05) is 24.5 Å². The zero-order valence-electron chi connectivity index (χ0n) is 14.9. The number of aromatic nitrogens is 3. The highest BCUT2D eigenvalue weighted by atomic mass is 16.2. The number of amides is 1. The number of carbonyl (C=O) groups excluding carboxylic acids is 1. The molecule has 1 fully saturated rings. The number of benzene rings is 1. The molecule has 0 spiro atoms. The highest BCUT2D eigenvalue weighted by Crippen LogP contribution is 2.31. The Morgan fingerprint density at radius 3 is 2.81 bits per heavy atom. The van der Waals surface area contributed by atoms with Gasteiger partial charge in [-0.15, -0.1) is 0 Å². The molecule has 0 saturated carbocycles. The molecule has 0 unspecified atom stereocenters. The number of likely N-dealkylation sites (tertiary alicyclic amines) is 1. The molecular formula is C21H22N4O. The molecule has 3 aromatic rings. The zero-order chi connectivity index (χ0) is 17.9. The van der Waals surface area contributed by atoms with Crippen LogP contribution < -0.4 is 0 Å². The van der Waals surface area contributed by atoms with E-state index in [-0.39, 0.29) is 11.9 Å². The quantitative estimate of drug-likeness (QED) is 0.775. The van der Waals surface area contributed by atoms with E-state index >= 15 is 0 Å². The zero-order valence-corrected chi connectivity index (χ0v) is 14.9. The van der Waals surface area contributed by atoms with E-state index in [2.05, 4.69) is 34.2 Å². The predicted octanol–water partition coefficient (Wildman–Crippen LogP) is 4.15. The topological polar surface area (TPSA) is 61.9 Å². The van der Waals surface area contributed by atoms with Gasteiger partial charge in [0.2, 0.25) is 0 Å². The number of carbonyl (C=O) groups is 1. The molecule has 5 heteroatoms. The van der Waals surface area contributed by atoms with Crippen molar-refractivity contribution in [1.29, 1.82) is 0 Å². The van der Waals surface area contributed by atoms with Crippen molar-refractivity contribution in [3.8, 4) is 11.3 Å². The maximum atomic E-state index is 13.1. The van der Waals surface area contributed by atoms with E-state index in [1.165, 1.54) is 5.56 Å². The Balaban J connectivity index is 1.59. The molecule has 1 aromatic carbocycles. The Kier molecular flexibility index (Phi) is 4.52. The minimum Gasteiger partial charge on any atom is -0.330 e. The summed E-state index contributed by atoms with van der Waals surface area (Å²) in [7, 11) is 0. The SMILES string of the molecule is Cc1ccc(-c2cc(C(=O)N3CCCC[C@@H]3c3cccnc3)[nH]n2)cc1. The van der Waals surface area contributed by atoms with Crippen molar-refractivity contribution in [1.82, 2.24) is 20.1 Å². The summed E-state index contributed by atoms with van der Waals surface area (Å²) < 4.78 is 0. The van der Waals surface area contributed by atoms with Gasteiger partial charge in [0.15, 0.2) is 0 Å². The molecule has 5 nitrogen and oxygen atoms in total. The molecule has 132 valence electrons. The Morgan fingerprint density at radius 2 is 2.04 bits per heavy atom. The number of piperidine rings is 1. The van der Waals surface area contributed by atoms with Crippen molar-refractivity contribution in [2.24, 2.45) is 0 Å². The van der Waals surface area contributed by atoms with Gasteiger partial charge in [0.25, 0.3) is 5.91 Å². The Hall–Kier alpha value is -2.95. The lowest BCUT2D eigenvalue weighted by atomic mass is 9.96. The van der Waals surface area contributed by atoms with E-state index in [1.807, 2.05) is 41.4 Å². The Bertz CT molecular complexity index is 886. The molecule has 1 aliphatic heterocycles. The van der Waals surface area contributed by atoms with Crippen LogP contribution in [0.1, 0.15) is 46.9 Å². The summed E-state index contributed by atoms with van der Waals surface area (Å²) in [5.74, 6) is 0.00409. The van der Waals surface area contributed by atoms with Crippen molar-refractivity contribution in [2.75, 3.05) is 6.54 Å². The molecule has 1 N–H and O–H groups in total. The second kappa shape index (κ2) is 7.12. The standard InChI is InChI=1S/C21H22N4O/c1-15-7-9-16(10-8-15)18-13-19(24-23-18)21(26)25-12-3-2-6-20(25)17-5-4-11-22-14-17/h4-5,7-11,13-14,20H,2-3,6,12H2,1H3,(H,23,24)/t20-/m1/s1. The van der Waals surface area contributed by atoms with Crippen LogP contribution >= 0.6 is 0 Å². The van der Waals surface area contributed by atoms with Crippen LogP contribution in [0.2, 0.25) is 0 Å². The third kappa shape index (κ3) is 3.25. The molecule has 0 radical (unpaired) electrons. The third-order valence-corrected chi connectivity index (χ3v) is 4.99. The molecule has 1 aliphatic rings. The molecule has 0 bridgehead atoms. The fourth-order valence-corrected chi connectivity index (χ4v) is 3.55. The number of pyridine rings is 1. The van der Waals surface area contributed by atoms with Crippen molar-refractivity contribution in [2.45, 2.75) is 32.2 Å². The fraction of sp³-hybridized carbons (Fsp3) is 0.286. The van der Waals surface area contributed by atoms with Gasteiger partial charge in [0.05, 0.1) is 11.7 Å². The van der Waals surface area contributed by atoms with Crippen LogP contribution in [0, 0.1) is 6.92 Å². The smallest absolute Gasteiger partial charge is 0.272 e. The first-order chi connectivity index (χ1) is 12.7. The van der Waals surface area contributed by atoms with Gasteiger partial charge in [0.1, 0.15) is 5.69 Å². The van der Waals surface area contributed by atoms with E-state index in [0.717, 1.165) is 42.6 Å². The number of nitrogens with one attached hydrogen (secondary N) is 1. The van der Waals surface area contributed by atoms with Crippen LogP contribution in [0.3, 0.4) is 0 Å². The molecule has 26 heavy (non-hydrogen) atoms. The molecule has 2 aromatic heterocycles. The number of hydrogen-bond donors (Lipinski definition) is 1. The number of rotatable bonds is 3. The summed E-state index contributed by atoms with van der Waals surface area (Å²) >= 11 is 0. The molecule has 1 saturated heterocycles. The second-order valence-corrected chi connectivity index (χ2v) is 6.83. The number of nitrogens with zero attached hydrogens (tertiary/aromatic N) is 3. The third-order valence-electron chi connectivity index (χ3n) is 4.99. The summed E-state index contributed by atoms with van der Waals surface area (Å²) in [6.45, 7) is 2.81. The number of aryl methyl sites for hydroxylation is 1. The predicted molar refractivity (Wildman–Crippen MR) is 101 cm³/mol. The first-order valence-corrected chi connectivity index (χ1v) is 9.06. The Labute approximate surface area is 153 Å². The van der Waals surface area contributed by atoms with E-state index in [0.29, 0.717) is 5.69 Å². The molecule has 4 rings (SSSR count). The van der Waals surface area contributed by atoms with E-state index in [9.17, 15) is 4.79 Å². The van der Waals surface area contributed by atoms with Gasteiger partial charge in [-0.25, -0.2) is 0 Å². The number of H-pyrrole nitrogens is 1. The van der Waals surface area contributed by atoms with Crippen molar-refractivity contribution >= 4 is 5.91 Å². The van der Waals surface area contributed by atoms with Gasteiger partial charge in [-0.3, -0.25) is 14.9 Å². The average Bonchev–Trinajstić information content (AvgIpc) is 3.19. The summed E-state index contributed by atoms with van der Waals surface area (Å²) in [5.41, 5.74) is 4.64. The summed E-state index contributed by atoms with van der Waals surface area (Å²) in [5, 5.41) is 7.28. The first-order valence-electron chi connectivity index (χ1n) is 9.06. The van der Waals surface area contributed by atoms with Crippen molar-refractivity contribution in [3.05, 3.63) is 71.7 Å². The van der Waals surface area contributed by atoms with Crippen molar-refractivity contribution in [3.63, 3.8) is 0 Å². The van der Waals surface area contributed by atoms with E-state index in [4.69, 9.17) is 0 Å². The minimum atomic E-state index is 0.00409. The lowest BCUT2D eigenvalue weighted by molar-refractivity contribution is 0.0605. The van der Waals surface area contributed by atoms with E-state index in [1.54, 1.807) is 6.20 Å². The maximum absolute atomic E-state index is 13.1. The van der Waals surface area contributed by atoms with Gasteiger partial charge in [-0.2, -0.15) is 5.10 Å². The molecule has 1 amide bonds. The summed E-state index contributed by atoms with van der Waals surface area (Å²) in [6, 6.07) is 14.1. The number of aromatic amines is 1. The van der Waals surface area contributed by atoms with Crippen LogP contribution in [-0.4, -0.2) is 32.5 Å². The molecule has 3 heterocycles. The van der Waals surface area contributed by atoms with Gasteiger partial charge in [-0.1, -0.05) is 35.9 Å². The van der Waals surface area contributed by atoms with Crippen LogP contribution in [0.15, 0.2) is 54.9 Å². The van der Waals surface area contributed by atoms with Gasteiger partial charge >= 0.3 is 0 Å². The van der Waals surface area contributed by atoms with Crippen LogP contribution in [0.5, 0.6) is 0 Å². The number of hydrogen-bond acceptors (Lipinski definition) is 3. The van der Waals surface area contributed by atoms with Gasteiger partial charge in [-0.05, 0) is 43.9 Å². The lowest BCUT2D eigenvalue weighted by Gasteiger charge is -2.35. The maximum Gasteiger partial charge on any atom is 0.272 e. The van der Waals surface area contributed by atoms with Crippen LogP contribution in [0.25, 0.3) is 11.3 Å². The highest BCUT2D eigenvalue weighted by molar-refractivity contribution is 5.93. The van der Waals surface area contributed by atoms with Crippen molar-refractivity contribution < 1.29 is 4.79 Å². The lowest BCUT2D eigenvalue weighted by Crippen LogP contribution is -2.38. The van der Waals surface area contributed by atoms with Crippen LogP contribution in [0.4, 0.5) is 0 Å². The summed E-state index contributed by atoms with van der Waals surface area (Å²) in [4.78, 5) is 19.3. The summed E-state index contributed by atoms with van der Waals surface area (Å²) in [6.07, 6.45) is 6.75. The fourth-order valence-electron chi connectivity index (χ4n) is 3.55. The second-order valence-electron chi connectivity index (χ2n) is 6.83. The average molecular weight is 346 g/mol. The van der Waals surface area contributed by atoms with E-state index < -0.39 is 0 Å². The van der Waals surface area contributed by atoms with Crippen LogP contribution in [-0.2, 0) is 0 Å². The van der Waals surface area contributed by atoms with Gasteiger partial charge < -0.3 is 4.90 Å². The molecular weight excluding hydrogens is 324 g/mol. The molecule has 0 aliphatic carbocycles. The monoisotopic (exact) mass is 346 g/mol. The normalized spacial score (nSPS) is 17.3. The molecule has 1 atom stereocenters. The minimum absolute atomic E-state index is 0.00409. The first kappa shape index (κ1) is 16.5. The Morgan fingerprint density at radius 1 is 1.19 bits per heavy atom. The highest BCUT2D eigenvalue weighted by Gasteiger charge is 2.29.